The van der Waals surface area contributed by atoms with Crippen LogP contribution in [0.2, 0.25) is 5.02 Å². The quantitative estimate of drug-likeness (QED) is 0.838. The molecule has 0 spiro atoms. The van der Waals surface area contributed by atoms with Gasteiger partial charge in [-0.05, 0) is 38.0 Å². The van der Waals surface area contributed by atoms with Crippen LogP contribution in [-0.4, -0.2) is 67.8 Å². The van der Waals surface area contributed by atoms with Gasteiger partial charge in [-0.1, -0.05) is 17.7 Å². The smallest absolute Gasteiger partial charge is 0.409 e. The van der Waals surface area contributed by atoms with E-state index < -0.39 is 0 Å². The van der Waals surface area contributed by atoms with E-state index in [4.69, 9.17) is 16.3 Å². The Bertz CT molecular complexity index is 553. The van der Waals surface area contributed by atoms with Gasteiger partial charge in [-0.3, -0.25) is 4.90 Å². The van der Waals surface area contributed by atoms with Crippen molar-refractivity contribution in [3.05, 3.63) is 29.3 Å². The normalized spacial score (nSPS) is 20.2. The predicted molar refractivity (Wildman–Crippen MR) is 96.9 cm³/mol. The third-order valence-electron chi connectivity index (χ3n) is 4.99. The van der Waals surface area contributed by atoms with E-state index in [1.54, 1.807) is 0 Å². The zero-order valence-electron chi connectivity index (χ0n) is 14.3. The summed E-state index contributed by atoms with van der Waals surface area (Å²) in [4.78, 5) is 18.6. The Morgan fingerprint density at radius 3 is 2.50 bits per heavy atom. The average Bonchev–Trinajstić information content (AvgIpc) is 2.62. The van der Waals surface area contributed by atoms with Crippen molar-refractivity contribution in [2.75, 3.05) is 50.8 Å². The first kappa shape index (κ1) is 17.4. The van der Waals surface area contributed by atoms with Gasteiger partial charge in [0.05, 0.1) is 6.61 Å². The third kappa shape index (κ3) is 4.14. The lowest BCUT2D eigenvalue weighted by Crippen LogP contribution is -2.53. The Labute approximate surface area is 149 Å². The molecule has 0 N–H and O–H groups in total. The molecule has 6 heteroatoms. The van der Waals surface area contributed by atoms with E-state index in [1.807, 2.05) is 30.0 Å². The summed E-state index contributed by atoms with van der Waals surface area (Å²) in [7, 11) is 0. The van der Waals surface area contributed by atoms with Crippen LogP contribution in [-0.2, 0) is 4.74 Å². The highest BCUT2D eigenvalue weighted by atomic mass is 35.5. The molecule has 2 saturated heterocycles. The number of ether oxygens (including phenoxy) is 1. The number of amides is 1. The van der Waals surface area contributed by atoms with Crippen molar-refractivity contribution in [3.63, 3.8) is 0 Å². The van der Waals surface area contributed by atoms with Gasteiger partial charge in [0, 0.05) is 56.0 Å². The molecule has 1 aromatic rings. The summed E-state index contributed by atoms with van der Waals surface area (Å²) < 4.78 is 5.09. The van der Waals surface area contributed by atoms with Gasteiger partial charge in [0.1, 0.15) is 0 Å². The monoisotopic (exact) mass is 351 g/mol. The summed E-state index contributed by atoms with van der Waals surface area (Å²) in [6.07, 6.45) is 1.91. The highest BCUT2D eigenvalue weighted by Crippen LogP contribution is 2.23. The molecule has 0 aliphatic carbocycles. The average molecular weight is 352 g/mol. The van der Waals surface area contributed by atoms with Crippen LogP contribution in [0.3, 0.4) is 0 Å². The predicted octanol–water partition coefficient (Wildman–Crippen LogP) is 3.08. The Morgan fingerprint density at radius 1 is 1.17 bits per heavy atom. The van der Waals surface area contributed by atoms with E-state index in [-0.39, 0.29) is 6.09 Å². The van der Waals surface area contributed by atoms with Crippen molar-refractivity contribution in [2.45, 2.75) is 25.8 Å². The number of anilines is 1. The molecule has 0 unspecified atom stereocenters. The highest BCUT2D eigenvalue weighted by molar-refractivity contribution is 6.30. The van der Waals surface area contributed by atoms with Crippen LogP contribution < -0.4 is 4.90 Å². The minimum Gasteiger partial charge on any atom is -0.450 e. The Balaban J connectivity index is 1.47. The number of hydrogen-bond donors (Lipinski definition) is 0. The fraction of sp³-hybridized carbons (Fsp3) is 0.611. The maximum Gasteiger partial charge on any atom is 0.409 e. The first-order chi connectivity index (χ1) is 11.7. The molecule has 2 fully saturated rings. The van der Waals surface area contributed by atoms with E-state index >= 15 is 0 Å². The summed E-state index contributed by atoms with van der Waals surface area (Å²) in [5, 5.41) is 0.793. The molecule has 0 radical (unpaired) electrons. The van der Waals surface area contributed by atoms with Crippen molar-refractivity contribution < 1.29 is 9.53 Å². The third-order valence-corrected chi connectivity index (χ3v) is 5.23. The SMILES string of the molecule is CCOC(=O)N1CCC(N2CCN(c3cccc(Cl)c3)CC2)CC1. The van der Waals surface area contributed by atoms with E-state index in [0.29, 0.717) is 12.6 Å². The van der Waals surface area contributed by atoms with Gasteiger partial charge in [0.2, 0.25) is 0 Å². The maximum atomic E-state index is 11.8. The summed E-state index contributed by atoms with van der Waals surface area (Å²) in [5.41, 5.74) is 1.21. The first-order valence-corrected chi connectivity index (χ1v) is 9.21. The van der Waals surface area contributed by atoms with Crippen LogP contribution in [0.25, 0.3) is 0 Å². The van der Waals surface area contributed by atoms with Crippen molar-refractivity contribution in [1.29, 1.82) is 0 Å². The molecule has 0 bridgehead atoms. The molecule has 5 nitrogen and oxygen atoms in total. The number of hydrogen-bond acceptors (Lipinski definition) is 4. The Kier molecular flexibility index (Phi) is 5.85. The fourth-order valence-corrected chi connectivity index (χ4v) is 3.83. The van der Waals surface area contributed by atoms with Crippen LogP contribution >= 0.6 is 11.6 Å². The van der Waals surface area contributed by atoms with Crippen LogP contribution in [0, 0.1) is 0 Å². The summed E-state index contributed by atoms with van der Waals surface area (Å²) in [6, 6.07) is 8.67. The highest BCUT2D eigenvalue weighted by Gasteiger charge is 2.29. The number of nitrogens with zero attached hydrogens (tertiary/aromatic N) is 3. The van der Waals surface area contributed by atoms with Gasteiger partial charge in [-0.15, -0.1) is 0 Å². The van der Waals surface area contributed by atoms with E-state index in [0.717, 1.165) is 57.1 Å². The number of likely N-dealkylation sites (tertiary alicyclic amines) is 1. The zero-order valence-corrected chi connectivity index (χ0v) is 15.0. The van der Waals surface area contributed by atoms with Gasteiger partial charge in [-0.25, -0.2) is 4.79 Å². The lowest BCUT2D eigenvalue weighted by Gasteiger charge is -2.43. The van der Waals surface area contributed by atoms with Gasteiger partial charge in [0.25, 0.3) is 0 Å². The fourth-order valence-electron chi connectivity index (χ4n) is 3.65. The second-order valence-corrected chi connectivity index (χ2v) is 6.86. The number of benzene rings is 1. The van der Waals surface area contributed by atoms with Gasteiger partial charge in [-0.2, -0.15) is 0 Å². The Morgan fingerprint density at radius 2 is 1.88 bits per heavy atom. The van der Waals surface area contributed by atoms with Crippen LogP contribution in [0.4, 0.5) is 10.5 Å². The molecule has 0 atom stereocenters. The second-order valence-electron chi connectivity index (χ2n) is 6.42. The molecule has 1 amide bonds. The lowest BCUT2D eigenvalue weighted by atomic mass is 10.0. The maximum absolute atomic E-state index is 11.8. The number of carbonyl (C=O) groups is 1. The molecule has 2 aliphatic rings. The minimum absolute atomic E-state index is 0.165. The molecule has 132 valence electrons. The van der Waals surface area contributed by atoms with Gasteiger partial charge >= 0.3 is 6.09 Å². The molecular weight excluding hydrogens is 326 g/mol. The number of halogens is 1. The van der Waals surface area contributed by atoms with Crippen molar-refractivity contribution >= 4 is 23.4 Å². The topological polar surface area (TPSA) is 36.0 Å². The minimum atomic E-state index is -0.165. The van der Waals surface area contributed by atoms with E-state index in [9.17, 15) is 4.79 Å². The molecule has 2 heterocycles. The van der Waals surface area contributed by atoms with Crippen molar-refractivity contribution in [2.24, 2.45) is 0 Å². The summed E-state index contributed by atoms with van der Waals surface area (Å²) >= 11 is 6.10. The van der Waals surface area contributed by atoms with E-state index in [1.165, 1.54) is 5.69 Å². The number of piperazine rings is 1. The zero-order chi connectivity index (χ0) is 16.9. The van der Waals surface area contributed by atoms with Crippen LogP contribution in [0.5, 0.6) is 0 Å². The summed E-state index contributed by atoms with van der Waals surface area (Å²) in [6.45, 7) is 8.09. The van der Waals surface area contributed by atoms with Crippen LogP contribution in [0.15, 0.2) is 24.3 Å². The number of carbonyl (C=O) groups excluding carboxylic acids is 1. The summed E-state index contributed by atoms with van der Waals surface area (Å²) in [5.74, 6) is 0. The molecule has 3 rings (SSSR count). The standard InChI is InChI=1S/C18H26ClN3O2/c1-2-24-18(23)22-8-6-16(7-9-22)20-10-12-21(13-11-20)17-5-3-4-15(19)14-17/h3-5,14,16H,2,6-13H2,1H3. The Hall–Kier alpha value is -1.46. The molecular formula is C18H26ClN3O2. The van der Waals surface area contributed by atoms with Crippen LogP contribution in [0.1, 0.15) is 19.8 Å². The van der Waals surface area contributed by atoms with Gasteiger partial charge in [0.15, 0.2) is 0 Å². The molecule has 2 aliphatic heterocycles. The number of piperidine rings is 1. The largest absolute Gasteiger partial charge is 0.450 e. The number of rotatable bonds is 3. The first-order valence-electron chi connectivity index (χ1n) is 8.83. The van der Waals surface area contributed by atoms with Gasteiger partial charge < -0.3 is 14.5 Å². The molecule has 0 aromatic heterocycles. The molecule has 24 heavy (non-hydrogen) atoms. The second kappa shape index (κ2) is 8.08. The lowest BCUT2D eigenvalue weighted by molar-refractivity contribution is 0.0729. The van der Waals surface area contributed by atoms with Crippen molar-refractivity contribution in [3.8, 4) is 0 Å². The van der Waals surface area contributed by atoms with E-state index in [2.05, 4.69) is 15.9 Å². The molecule has 0 saturated carbocycles. The molecule has 1 aromatic carbocycles. The van der Waals surface area contributed by atoms with Crippen molar-refractivity contribution in [1.82, 2.24) is 9.80 Å².